The Balaban J connectivity index is 1.63. The van der Waals surface area contributed by atoms with E-state index in [0.717, 1.165) is 35.8 Å². The number of nitrogens with zero attached hydrogens (tertiary/aromatic N) is 2. The maximum atomic E-state index is 12.3. The van der Waals surface area contributed by atoms with Gasteiger partial charge >= 0.3 is 0 Å². The van der Waals surface area contributed by atoms with E-state index < -0.39 is 0 Å². The van der Waals surface area contributed by atoms with Crippen LogP contribution in [0.3, 0.4) is 0 Å². The van der Waals surface area contributed by atoms with Gasteiger partial charge in [0.15, 0.2) is 0 Å². The fraction of sp³-hybridized carbons (Fsp3) is 0.467. The highest BCUT2D eigenvalue weighted by atomic mass is 32.1. The van der Waals surface area contributed by atoms with Gasteiger partial charge in [-0.2, -0.15) is 0 Å². The quantitative estimate of drug-likeness (QED) is 0.943. The Labute approximate surface area is 122 Å². The molecule has 0 spiro atoms. The van der Waals surface area contributed by atoms with E-state index in [1.54, 1.807) is 11.3 Å². The summed E-state index contributed by atoms with van der Waals surface area (Å²) >= 11 is 1.64. The summed E-state index contributed by atoms with van der Waals surface area (Å²) in [5.41, 5.74) is 1.05. The van der Waals surface area contributed by atoms with E-state index in [1.165, 1.54) is 0 Å². The van der Waals surface area contributed by atoms with Gasteiger partial charge in [-0.05, 0) is 31.7 Å². The van der Waals surface area contributed by atoms with Gasteiger partial charge in [0.25, 0.3) is 0 Å². The third-order valence-corrected chi connectivity index (χ3v) is 4.88. The molecule has 1 aliphatic rings. The molecule has 106 valence electrons. The van der Waals surface area contributed by atoms with Crippen molar-refractivity contribution in [2.24, 2.45) is 0 Å². The van der Waals surface area contributed by atoms with E-state index in [2.05, 4.69) is 21.1 Å². The van der Waals surface area contributed by atoms with E-state index >= 15 is 0 Å². The summed E-state index contributed by atoms with van der Waals surface area (Å²) in [5, 5.41) is 5.19. The van der Waals surface area contributed by atoms with Crippen molar-refractivity contribution in [3.8, 4) is 0 Å². The Hall–Kier alpha value is -1.62. The molecule has 1 N–H and O–H groups in total. The summed E-state index contributed by atoms with van der Waals surface area (Å²) in [6.07, 6.45) is 3.97. The second-order valence-electron chi connectivity index (χ2n) is 5.43. The molecule has 0 aromatic carbocycles. The summed E-state index contributed by atoms with van der Waals surface area (Å²) < 4.78 is 2.17. The van der Waals surface area contributed by atoms with E-state index in [1.807, 2.05) is 31.4 Å². The molecule has 0 saturated heterocycles. The summed E-state index contributed by atoms with van der Waals surface area (Å²) in [6.45, 7) is 4.81. The Morgan fingerprint density at radius 2 is 2.45 bits per heavy atom. The van der Waals surface area contributed by atoms with Crippen molar-refractivity contribution in [3.05, 3.63) is 40.1 Å². The number of rotatable bonds is 3. The molecule has 3 rings (SSSR count). The number of fused-ring (bicyclic) bond motifs is 1. The Morgan fingerprint density at radius 3 is 3.20 bits per heavy atom. The first-order chi connectivity index (χ1) is 9.63. The second-order valence-corrected chi connectivity index (χ2v) is 6.41. The minimum absolute atomic E-state index is 0.0686. The molecule has 1 amide bonds. The highest BCUT2D eigenvalue weighted by molar-refractivity contribution is 7.10. The highest BCUT2D eigenvalue weighted by Crippen LogP contribution is 2.22. The smallest absolute Gasteiger partial charge is 0.228 e. The van der Waals surface area contributed by atoms with Crippen molar-refractivity contribution in [3.63, 3.8) is 0 Å². The fourth-order valence-corrected chi connectivity index (χ4v) is 3.48. The van der Waals surface area contributed by atoms with Crippen LogP contribution in [0.25, 0.3) is 0 Å². The third kappa shape index (κ3) is 2.63. The summed E-state index contributed by atoms with van der Waals surface area (Å²) in [6, 6.07) is 4.23. The van der Waals surface area contributed by atoms with Crippen LogP contribution in [0.2, 0.25) is 0 Å². The Bertz CT molecular complexity index is 603. The molecule has 20 heavy (non-hydrogen) atoms. The molecule has 0 fully saturated rings. The van der Waals surface area contributed by atoms with Crippen molar-refractivity contribution in [1.82, 2.24) is 14.9 Å². The molecule has 2 aromatic rings. The highest BCUT2D eigenvalue weighted by Gasteiger charge is 2.24. The lowest BCUT2D eigenvalue weighted by atomic mass is 10.0. The Morgan fingerprint density at radius 1 is 1.60 bits per heavy atom. The number of aromatic nitrogens is 2. The number of thiophene rings is 1. The van der Waals surface area contributed by atoms with Crippen LogP contribution < -0.4 is 5.32 Å². The number of aryl methyl sites for hydroxylation is 2. The van der Waals surface area contributed by atoms with Gasteiger partial charge in [-0.15, -0.1) is 11.3 Å². The topological polar surface area (TPSA) is 46.9 Å². The third-order valence-electron chi connectivity index (χ3n) is 3.82. The lowest BCUT2D eigenvalue weighted by molar-refractivity contribution is -0.123. The zero-order valence-corrected chi connectivity index (χ0v) is 12.6. The molecule has 5 heteroatoms. The molecule has 3 heterocycles. The van der Waals surface area contributed by atoms with Gasteiger partial charge in [0, 0.05) is 30.1 Å². The van der Waals surface area contributed by atoms with Crippen LogP contribution in [0.1, 0.15) is 35.7 Å². The van der Waals surface area contributed by atoms with Gasteiger partial charge < -0.3 is 9.88 Å². The van der Waals surface area contributed by atoms with E-state index in [-0.39, 0.29) is 17.9 Å². The molecule has 2 atom stereocenters. The van der Waals surface area contributed by atoms with Gasteiger partial charge in [-0.1, -0.05) is 6.07 Å². The van der Waals surface area contributed by atoms with Crippen LogP contribution in [0.5, 0.6) is 0 Å². The first-order valence-electron chi connectivity index (χ1n) is 7.00. The van der Waals surface area contributed by atoms with Crippen LogP contribution in [0.4, 0.5) is 0 Å². The Kier molecular flexibility index (Phi) is 3.61. The number of hydrogen-bond acceptors (Lipinski definition) is 3. The maximum Gasteiger partial charge on any atom is 0.228 e. The van der Waals surface area contributed by atoms with Gasteiger partial charge in [-0.3, -0.25) is 4.79 Å². The van der Waals surface area contributed by atoms with Crippen molar-refractivity contribution < 1.29 is 4.79 Å². The van der Waals surface area contributed by atoms with Crippen LogP contribution in [-0.4, -0.2) is 21.5 Å². The van der Waals surface area contributed by atoms with Crippen LogP contribution in [0, 0.1) is 6.92 Å². The average molecular weight is 289 g/mol. The van der Waals surface area contributed by atoms with Crippen molar-refractivity contribution >= 4 is 17.2 Å². The number of hydrogen-bond donors (Lipinski definition) is 1. The monoisotopic (exact) mass is 289 g/mol. The summed E-state index contributed by atoms with van der Waals surface area (Å²) in [5.74, 6) is 1.19. The van der Waals surface area contributed by atoms with Crippen LogP contribution >= 0.6 is 11.3 Å². The molecule has 0 unspecified atom stereocenters. The second kappa shape index (κ2) is 5.40. The predicted molar refractivity (Wildman–Crippen MR) is 79.9 cm³/mol. The van der Waals surface area contributed by atoms with Crippen molar-refractivity contribution in [2.75, 3.05) is 0 Å². The van der Waals surface area contributed by atoms with E-state index in [9.17, 15) is 4.79 Å². The molecule has 4 nitrogen and oxygen atoms in total. The molecular weight excluding hydrogens is 270 g/mol. The maximum absolute atomic E-state index is 12.3. The molecule has 2 aromatic heterocycles. The van der Waals surface area contributed by atoms with Crippen molar-refractivity contribution in [1.29, 1.82) is 0 Å². The van der Waals surface area contributed by atoms with Crippen LogP contribution in [-0.2, 0) is 17.8 Å². The minimum atomic E-state index is -0.0686. The van der Waals surface area contributed by atoms with E-state index in [4.69, 9.17) is 0 Å². The summed E-state index contributed by atoms with van der Waals surface area (Å²) in [4.78, 5) is 17.9. The largest absolute Gasteiger partial charge is 0.351 e. The molecule has 0 radical (unpaired) electrons. The molecule has 0 aliphatic carbocycles. The average Bonchev–Trinajstić information content (AvgIpc) is 3.05. The zero-order chi connectivity index (χ0) is 14.1. The van der Waals surface area contributed by atoms with Gasteiger partial charge in [0.2, 0.25) is 5.91 Å². The number of amides is 1. The standard InChI is InChI=1S/C15H19N3OS/c1-10-8-18-9-12(5-6-14(18)16-10)17-15(19)11(2)13-4-3-7-20-13/h3-4,7-8,11-12H,5-6,9H2,1-2H3,(H,17,19)/t11-,12-/m0/s1. The molecule has 0 bridgehead atoms. The number of nitrogens with one attached hydrogen (secondary N) is 1. The summed E-state index contributed by atoms with van der Waals surface area (Å²) in [7, 11) is 0. The normalized spacial score (nSPS) is 19.4. The first-order valence-corrected chi connectivity index (χ1v) is 7.88. The zero-order valence-electron chi connectivity index (χ0n) is 11.8. The number of carbonyl (C=O) groups is 1. The van der Waals surface area contributed by atoms with Gasteiger partial charge in [-0.25, -0.2) is 4.98 Å². The fourth-order valence-electron chi connectivity index (χ4n) is 2.70. The predicted octanol–water partition coefficient (Wildman–Crippen LogP) is 2.49. The van der Waals surface area contributed by atoms with Gasteiger partial charge in [0.05, 0.1) is 11.6 Å². The minimum Gasteiger partial charge on any atom is -0.351 e. The lowest BCUT2D eigenvalue weighted by Gasteiger charge is -2.25. The number of imidazole rings is 1. The lowest BCUT2D eigenvalue weighted by Crippen LogP contribution is -2.42. The van der Waals surface area contributed by atoms with Crippen LogP contribution in [0.15, 0.2) is 23.7 Å². The first kappa shape index (κ1) is 13.4. The van der Waals surface area contributed by atoms with Gasteiger partial charge in [0.1, 0.15) is 5.82 Å². The number of carbonyl (C=O) groups excluding carboxylic acids is 1. The molecule has 0 saturated carbocycles. The molecule has 1 aliphatic heterocycles. The van der Waals surface area contributed by atoms with E-state index in [0.29, 0.717) is 0 Å². The molecular formula is C15H19N3OS. The SMILES string of the molecule is Cc1cn2c(n1)CC[C@H](NC(=O)[C@@H](C)c1cccs1)C2. The van der Waals surface area contributed by atoms with Crippen molar-refractivity contribution in [2.45, 2.75) is 45.2 Å².